The molecule has 1 aromatic carbocycles. The second-order valence-electron chi connectivity index (χ2n) is 3.44. The number of aliphatic carboxylic acids is 1. The van der Waals surface area contributed by atoms with Crippen molar-refractivity contribution in [2.75, 3.05) is 7.11 Å². The molecule has 0 radical (unpaired) electrons. The van der Waals surface area contributed by atoms with Crippen molar-refractivity contribution >= 4 is 5.97 Å². The number of phenols is 1. The predicted molar refractivity (Wildman–Crippen MR) is 55.3 cm³/mol. The summed E-state index contributed by atoms with van der Waals surface area (Å²) in [4.78, 5) is 10.4. The minimum atomic E-state index is -1.01. The van der Waals surface area contributed by atoms with E-state index in [0.29, 0.717) is 5.56 Å². The summed E-state index contributed by atoms with van der Waals surface area (Å²) in [5.41, 5.74) is 0.750. The molecule has 0 saturated heterocycles. The molecule has 16 heavy (non-hydrogen) atoms. The topological polar surface area (TPSA) is 66.8 Å². The van der Waals surface area contributed by atoms with Gasteiger partial charge in [-0.25, -0.2) is 4.39 Å². The maximum Gasteiger partial charge on any atom is 0.303 e. The van der Waals surface area contributed by atoms with E-state index in [4.69, 9.17) is 9.84 Å². The van der Waals surface area contributed by atoms with Crippen molar-refractivity contribution in [2.24, 2.45) is 0 Å². The van der Waals surface area contributed by atoms with Crippen LogP contribution in [0.1, 0.15) is 17.5 Å². The van der Waals surface area contributed by atoms with E-state index < -0.39 is 17.5 Å². The number of aryl methyl sites for hydroxylation is 2. The van der Waals surface area contributed by atoms with Crippen LogP contribution in [-0.4, -0.2) is 23.3 Å². The third kappa shape index (κ3) is 2.42. The van der Waals surface area contributed by atoms with Crippen LogP contribution in [0.3, 0.4) is 0 Å². The first kappa shape index (κ1) is 12.3. The third-order valence-corrected chi connectivity index (χ3v) is 2.27. The van der Waals surface area contributed by atoms with E-state index >= 15 is 0 Å². The van der Waals surface area contributed by atoms with Gasteiger partial charge < -0.3 is 14.9 Å². The summed E-state index contributed by atoms with van der Waals surface area (Å²) in [6.07, 6.45) is -0.137. The molecule has 0 atom stereocenters. The number of carboxylic acids is 1. The summed E-state index contributed by atoms with van der Waals surface area (Å²) in [5.74, 6) is -2.31. The van der Waals surface area contributed by atoms with E-state index in [1.165, 1.54) is 13.2 Å². The Balaban J connectivity index is 3.08. The molecule has 1 aromatic rings. The largest absolute Gasteiger partial charge is 0.502 e. The molecule has 0 amide bonds. The van der Waals surface area contributed by atoms with Crippen LogP contribution in [0.15, 0.2) is 6.07 Å². The molecule has 0 aliphatic heterocycles. The molecule has 0 saturated carbocycles. The van der Waals surface area contributed by atoms with Crippen molar-refractivity contribution in [3.8, 4) is 11.5 Å². The Morgan fingerprint density at radius 1 is 1.56 bits per heavy atom. The van der Waals surface area contributed by atoms with Crippen LogP contribution in [0.2, 0.25) is 0 Å². The summed E-state index contributed by atoms with van der Waals surface area (Å²) >= 11 is 0. The minimum absolute atomic E-state index is 0.0412. The molecule has 0 spiro atoms. The lowest BCUT2D eigenvalue weighted by atomic mass is 10.0. The second kappa shape index (κ2) is 4.83. The van der Waals surface area contributed by atoms with Crippen LogP contribution in [-0.2, 0) is 11.2 Å². The zero-order chi connectivity index (χ0) is 12.3. The van der Waals surface area contributed by atoms with Crippen molar-refractivity contribution in [1.29, 1.82) is 0 Å². The molecular formula is C11H13FO4. The average Bonchev–Trinajstić information content (AvgIpc) is 2.22. The lowest BCUT2D eigenvalue weighted by Gasteiger charge is -2.11. The fraction of sp³-hybridized carbons (Fsp3) is 0.364. The van der Waals surface area contributed by atoms with E-state index in [9.17, 15) is 14.3 Å². The maximum atomic E-state index is 13.6. The summed E-state index contributed by atoms with van der Waals surface area (Å²) in [6.45, 7) is 1.66. The minimum Gasteiger partial charge on any atom is -0.502 e. The van der Waals surface area contributed by atoms with Gasteiger partial charge in [-0.05, 0) is 30.5 Å². The van der Waals surface area contributed by atoms with Crippen molar-refractivity contribution in [2.45, 2.75) is 19.8 Å². The number of carbonyl (C=O) groups is 1. The van der Waals surface area contributed by atoms with Gasteiger partial charge >= 0.3 is 5.97 Å². The normalized spacial score (nSPS) is 10.2. The molecule has 0 fully saturated rings. The summed E-state index contributed by atoms with van der Waals surface area (Å²) in [5, 5.41) is 18.0. The summed E-state index contributed by atoms with van der Waals surface area (Å²) in [7, 11) is 1.33. The number of carboxylic acid groups (broad SMARTS) is 1. The van der Waals surface area contributed by atoms with Crippen LogP contribution in [0.25, 0.3) is 0 Å². The van der Waals surface area contributed by atoms with E-state index in [-0.39, 0.29) is 24.2 Å². The molecule has 2 N–H and O–H groups in total. The van der Waals surface area contributed by atoms with Crippen molar-refractivity contribution in [1.82, 2.24) is 0 Å². The number of methoxy groups -OCH3 is 1. The van der Waals surface area contributed by atoms with Gasteiger partial charge in [-0.1, -0.05) is 0 Å². The Labute approximate surface area is 92.3 Å². The molecular weight excluding hydrogens is 215 g/mol. The first-order valence-electron chi connectivity index (χ1n) is 4.74. The average molecular weight is 228 g/mol. The van der Waals surface area contributed by atoms with Gasteiger partial charge in [0.15, 0.2) is 17.3 Å². The van der Waals surface area contributed by atoms with Gasteiger partial charge in [0, 0.05) is 6.42 Å². The van der Waals surface area contributed by atoms with Crippen LogP contribution in [0.4, 0.5) is 4.39 Å². The van der Waals surface area contributed by atoms with Crippen LogP contribution in [0, 0.1) is 12.7 Å². The number of rotatable bonds is 4. The second-order valence-corrected chi connectivity index (χ2v) is 3.44. The lowest BCUT2D eigenvalue weighted by molar-refractivity contribution is -0.136. The molecule has 0 aliphatic carbocycles. The molecule has 0 aromatic heterocycles. The molecule has 5 heteroatoms. The van der Waals surface area contributed by atoms with Crippen LogP contribution < -0.4 is 4.74 Å². The van der Waals surface area contributed by atoms with Gasteiger partial charge in [0.2, 0.25) is 0 Å². The smallest absolute Gasteiger partial charge is 0.303 e. The highest BCUT2D eigenvalue weighted by Gasteiger charge is 2.16. The number of benzene rings is 1. The standard InChI is InChI=1S/C11H13FO4/c1-6-5-7(3-4-8(13)14)9(12)10(15)11(6)16-2/h5,15H,3-4H2,1-2H3,(H,13,14). The Morgan fingerprint density at radius 3 is 2.69 bits per heavy atom. The maximum absolute atomic E-state index is 13.6. The van der Waals surface area contributed by atoms with E-state index in [2.05, 4.69) is 0 Å². The molecule has 4 nitrogen and oxygen atoms in total. The first-order chi connectivity index (χ1) is 7.47. The number of phenolic OH excluding ortho intramolecular Hbond substituents is 1. The number of hydrogen-bond acceptors (Lipinski definition) is 3. The predicted octanol–water partition coefficient (Wildman–Crippen LogP) is 1.87. The van der Waals surface area contributed by atoms with Gasteiger partial charge in [0.1, 0.15) is 0 Å². The highest BCUT2D eigenvalue weighted by Crippen LogP contribution is 2.34. The van der Waals surface area contributed by atoms with Crippen LogP contribution >= 0.6 is 0 Å². The lowest BCUT2D eigenvalue weighted by Crippen LogP contribution is -2.01. The quantitative estimate of drug-likeness (QED) is 0.825. The molecule has 1 rings (SSSR count). The Hall–Kier alpha value is -1.78. The zero-order valence-electron chi connectivity index (χ0n) is 9.08. The molecule has 0 heterocycles. The Kier molecular flexibility index (Phi) is 3.71. The van der Waals surface area contributed by atoms with E-state index in [1.807, 2.05) is 0 Å². The SMILES string of the molecule is COc1c(C)cc(CCC(=O)O)c(F)c1O. The van der Waals surface area contributed by atoms with E-state index in [1.54, 1.807) is 6.92 Å². The molecule has 0 aliphatic rings. The number of halogens is 1. The summed E-state index contributed by atoms with van der Waals surface area (Å²) < 4.78 is 18.4. The Morgan fingerprint density at radius 2 is 2.19 bits per heavy atom. The Bertz CT molecular complexity index is 415. The van der Waals surface area contributed by atoms with Gasteiger partial charge in [-0.3, -0.25) is 4.79 Å². The molecule has 0 bridgehead atoms. The van der Waals surface area contributed by atoms with Crippen molar-refractivity contribution in [3.63, 3.8) is 0 Å². The van der Waals surface area contributed by atoms with Crippen molar-refractivity contribution in [3.05, 3.63) is 23.0 Å². The van der Waals surface area contributed by atoms with Crippen LogP contribution in [0.5, 0.6) is 11.5 Å². The fourth-order valence-corrected chi connectivity index (χ4v) is 1.51. The zero-order valence-corrected chi connectivity index (χ0v) is 9.08. The van der Waals surface area contributed by atoms with Crippen molar-refractivity contribution < 1.29 is 24.1 Å². The van der Waals surface area contributed by atoms with Gasteiger partial charge in [-0.15, -0.1) is 0 Å². The van der Waals surface area contributed by atoms with Gasteiger partial charge in [-0.2, -0.15) is 0 Å². The molecule has 0 unspecified atom stereocenters. The third-order valence-electron chi connectivity index (χ3n) is 2.27. The first-order valence-corrected chi connectivity index (χ1v) is 4.74. The fourth-order valence-electron chi connectivity index (χ4n) is 1.51. The number of ether oxygens (including phenoxy) is 1. The highest BCUT2D eigenvalue weighted by molar-refractivity contribution is 5.67. The number of aromatic hydroxyl groups is 1. The monoisotopic (exact) mass is 228 g/mol. The van der Waals surface area contributed by atoms with Gasteiger partial charge in [0.25, 0.3) is 0 Å². The van der Waals surface area contributed by atoms with E-state index in [0.717, 1.165) is 0 Å². The van der Waals surface area contributed by atoms with Gasteiger partial charge in [0.05, 0.1) is 7.11 Å². The summed E-state index contributed by atoms with van der Waals surface area (Å²) in [6, 6.07) is 1.48. The highest BCUT2D eigenvalue weighted by atomic mass is 19.1. The molecule has 88 valence electrons. The number of hydrogen-bond donors (Lipinski definition) is 2.